The summed E-state index contributed by atoms with van der Waals surface area (Å²) in [5.41, 5.74) is 12.1. The number of rotatable bonds is 2. The first kappa shape index (κ1) is 16.2. The minimum Gasteiger partial charge on any atom is -0.369 e. The summed E-state index contributed by atoms with van der Waals surface area (Å²) in [6, 6.07) is 10.6. The minimum absolute atomic E-state index is 0.317. The van der Waals surface area contributed by atoms with Crippen LogP contribution in [0.5, 0.6) is 0 Å². The van der Waals surface area contributed by atoms with E-state index in [-0.39, 0.29) is 0 Å². The van der Waals surface area contributed by atoms with Crippen LogP contribution >= 0.6 is 0 Å². The van der Waals surface area contributed by atoms with E-state index >= 15 is 0 Å². The van der Waals surface area contributed by atoms with Crippen LogP contribution in [0, 0.1) is 6.92 Å². The van der Waals surface area contributed by atoms with E-state index in [1.165, 1.54) is 0 Å². The van der Waals surface area contributed by atoms with Gasteiger partial charge in [0, 0.05) is 35.8 Å². The van der Waals surface area contributed by atoms with Gasteiger partial charge in [-0.1, -0.05) is 18.2 Å². The number of aromatic nitrogens is 4. The van der Waals surface area contributed by atoms with Crippen LogP contribution in [0.2, 0.25) is 0 Å². The van der Waals surface area contributed by atoms with Gasteiger partial charge < -0.3 is 10.6 Å². The number of hydrogen-bond donors (Lipinski definition) is 1. The molecule has 0 atom stereocenters. The molecule has 0 saturated carbocycles. The molecule has 2 N–H and O–H groups in total. The highest BCUT2D eigenvalue weighted by Crippen LogP contribution is 2.31. The lowest BCUT2D eigenvalue weighted by Crippen LogP contribution is -2.39. The molecule has 1 aromatic carbocycles. The Kier molecular flexibility index (Phi) is 3.79. The van der Waals surface area contributed by atoms with Gasteiger partial charge in [0.1, 0.15) is 0 Å². The lowest BCUT2D eigenvalue weighted by Gasteiger charge is -2.31. The Balaban J connectivity index is 1.60. The molecule has 0 amide bonds. The normalized spacial score (nSPS) is 15.7. The van der Waals surface area contributed by atoms with Crippen LogP contribution in [0.3, 0.4) is 0 Å². The van der Waals surface area contributed by atoms with Crippen molar-refractivity contribution in [2.75, 3.05) is 18.0 Å². The molecule has 1 fully saturated rings. The molecular formula is C21H22N6. The number of piperidine rings is 1. The molecule has 4 heterocycles. The molecule has 1 aliphatic rings. The fourth-order valence-corrected chi connectivity index (χ4v) is 3.91. The average Bonchev–Trinajstić information content (AvgIpc) is 3.11. The average molecular weight is 358 g/mol. The van der Waals surface area contributed by atoms with Crippen LogP contribution in [-0.4, -0.2) is 38.7 Å². The van der Waals surface area contributed by atoms with Gasteiger partial charge in [-0.2, -0.15) is 5.10 Å². The summed E-state index contributed by atoms with van der Waals surface area (Å²) in [6.07, 6.45) is 7.96. The number of para-hydroxylation sites is 1. The zero-order valence-electron chi connectivity index (χ0n) is 15.3. The number of nitrogens with two attached hydrogens (primary N) is 1. The van der Waals surface area contributed by atoms with Gasteiger partial charge in [-0.15, -0.1) is 0 Å². The predicted octanol–water partition coefficient (Wildman–Crippen LogP) is 3.18. The fourth-order valence-electron chi connectivity index (χ4n) is 3.91. The first-order chi connectivity index (χ1) is 13.2. The van der Waals surface area contributed by atoms with Crippen LogP contribution in [0.25, 0.3) is 27.7 Å². The maximum absolute atomic E-state index is 6.03. The summed E-state index contributed by atoms with van der Waals surface area (Å²) >= 11 is 0. The largest absolute Gasteiger partial charge is 0.369 e. The third-order valence-electron chi connectivity index (χ3n) is 5.38. The molecule has 0 radical (unpaired) electrons. The number of nitrogens with zero attached hydrogens (tertiary/aromatic N) is 5. The Morgan fingerprint density at radius 1 is 1.07 bits per heavy atom. The lowest BCUT2D eigenvalue weighted by molar-refractivity contribution is 0.500. The fraction of sp³-hybridized carbons (Fsp3) is 0.286. The van der Waals surface area contributed by atoms with Crippen molar-refractivity contribution in [3.8, 4) is 11.1 Å². The highest BCUT2D eigenvalue weighted by molar-refractivity contribution is 5.98. The van der Waals surface area contributed by atoms with Crippen LogP contribution in [0.15, 0.2) is 48.9 Å². The number of anilines is 1. The van der Waals surface area contributed by atoms with Crippen molar-refractivity contribution in [1.29, 1.82) is 0 Å². The molecule has 6 nitrogen and oxygen atoms in total. The van der Waals surface area contributed by atoms with E-state index in [1.54, 1.807) is 0 Å². The van der Waals surface area contributed by atoms with E-state index in [0.29, 0.717) is 6.04 Å². The van der Waals surface area contributed by atoms with Crippen molar-refractivity contribution in [3.05, 3.63) is 54.6 Å². The summed E-state index contributed by atoms with van der Waals surface area (Å²) < 4.78 is 1.88. The summed E-state index contributed by atoms with van der Waals surface area (Å²) in [5.74, 6) is 0. The first-order valence-electron chi connectivity index (χ1n) is 9.40. The molecule has 3 aromatic heterocycles. The Hall–Kier alpha value is -2.99. The zero-order valence-corrected chi connectivity index (χ0v) is 15.3. The van der Waals surface area contributed by atoms with Crippen molar-refractivity contribution in [2.45, 2.75) is 25.8 Å². The van der Waals surface area contributed by atoms with Gasteiger partial charge >= 0.3 is 0 Å². The maximum Gasteiger partial charge on any atom is 0.162 e. The zero-order chi connectivity index (χ0) is 18.4. The summed E-state index contributed by atoms with van der Waals surface area (Å²) in [4.78, 5) is 11.7. The maximum atomic E-state index is 6.03. The molecule has 27 heavy (non-hydrogen) atoms. The predicted molar refractivity (Wildman–Crippen MR) is 108 cm³/mol. The summed E-state index contributed by atoms with van der Waals surface area (Å²) in [7, 11) is 0. The molecule has 0 bridgehead atoms. The third-order valence-corrected chi connectivity index (χ3v) is 5.38. The van der Waals surface area contributed by atoms with E-state index in [4.69, 9.17) is 10.7 Å². The highest BCUT2D eigenvalue weighted by atomic mass is 15.3. The van der Waals surface area contributed by atoms with Crippen LogP contribution in [0.1, 0.15) is 18.5 Å². The molecule has 1 saturated heterocycles. The van der Waals surface area contributed by atoms with Gasteiger partial charge in [-0.25, -0.2) is 9.50 Å². The molecule has 5 rings (SSSR count). The third kappa shape index (κ3) is 2.82. The van der Waals surface area contributed by atoms with E-state index in [0.717, 1.165) is 65.0 Å². The van der Waals surface area contributed by atoms with Gasteiger partial charge in [-0.05, 0) is 37.5 Å². The van der Waals surface area contributed by atoms with Crippen LogP contribution < -0.4 is 10.6 Å². The van der Waals surface area contributed by atoms with Crippen LogP contribution in [0.4, 0.5) is 5.69 Å². The number of aryl methyl sites for hydroxylation is 1. The Morgan fingerprint density at radius 2 is 1.89 bits per heavy atom. The molecule has 0 unspecified atom stereocenters. The van der Waals surface area contributed by atoms with Crippen molar-refractivity contribution >= 4 is 22.2 Å². The molecule has 0 spiro atoms. The topological polar surface area (TPSA) is 72.3 Å². The molecule has 1 aliphatic heterocycles. The summed E-state index contributed by atoms with van der Waals surface area (Å²) in [6.45, 7) is 3.96. The Labute approximate surface area is 157 Å². The van der Waals surface area contributed by atoms with Gasteiger partial charge in [0.2, 0.25) is 0 Å². The van der Waals surface area contributed by atoms with Gasteiger partial charge in [-0.3, -0.25) is 4.98 Å². The second-order valence-corrected chi connectivity index (χ2v) is 7.29. The lowest BCUT2D eigenvalue weighted by atomic mass is 10.0. The number of hydrogen-bond acceptors (Lipinski definition) is 5. The van der Waals surface area contributed by atoms with Crippen molar-refractivity contribution in [1.82, 2.24) is 19.6 Å². The highest BCUT2D eigenvalue weighted by Gasteiger charge is 2.18. The number of benzene rings is 1. The van der Waals surface area contributed by atoms with Crippen molar-refractivity contribution in [2.24, 2.45) is 5.73 Å². The van der Waals surface area contributed by atoms with E-state index in [1.807, 2.05) is 42.0 Å². The second-order valence-electron chi connectivity index (χ2n) is 7.29. The molecule has 6 heteroatoms. The minimum atomic E-state index is 0.317. The van der Waals surface area contributed by atoms with E-state index < -0.39 is 0 Å². The van der Waals surface area contributed by atoms with Gasteiger partial charge in [0.25, 0.3) is 0 Å². The van der Waals surface area contributed by atoms with Gasteiger partial charge in [0.05, 0.1) is 29.8 Å². The smallest absolute Gasteiger partial charge is 0.162 e. The van der Waals surface area contributed by atoms with Gasteiger partial charge in [0.15, 0.2) is 5.65 Å². The second kappa shape index (κ2) is 6.32. The number of fused-ring (bicyclic) bond motifs is 2. The Morgan fingerprint density at radius 3 is 2.74 bits per heavy atom. The SMILES string of the molecule is Cc1cc(-c2cnn3cc(N4CCC(N)CC4)cnc23)c2ccccc2n1. The van der Waals surface area contributed by atoms with Crippen molar-refractivity contribution in [3.63, 3.8) is 0 Å². The number of pyridine rings is 1. The monoisotopic (exact) mass is 358 g/mol. The molecular weight excluding hydrogens is 336 g/mol. The van der Waals surface area contributed by atoms with Crippen LogP contribution in [-0.2, 0) is 0 Å². The quantitative estimate of drug-likeness (QED) is 0.596. The standard InChI is InChI=1S/C21H22N6/c1-14-10-18(17-4-2-3-5-20(17)25-14)19-12-24-27-13-16(11-23-21(19)27)26-8-6-15(22)7-9-26/h2-5,10-13,15H,6-9,22H2,1H3. The summed E-state index contributed by atoms with van der Waals surface area (Å²) in [5, 5.41) is 5.70. The molecule has 4 aromatic rings. The molecule has 0 aliphatic carbocycles. The van der Waals surface area contributed by atoms with E-state index in [9.17, 15) is 0 Å². The first-order valence-corrected chi connectivity index (χ1v) is 9.40. The van der Waals surface area contributed by atoms with E-state index in [2.05, 4.69) is 33.3 Å². The molecule has 136 valence electrons. The Bertz CT molecular complexity index is 1120. The van der Waals surface area contributed by atoms with Crippen molar-refractivity contribution < 1.29 is 0 Å².